The molecule has 0 fully saturated rings. The molecule has 0 radical (unpaired) electrons. The number of ether oxygens (including phenoxy) is 1. The van der Waals surface area contributed by atoms with E-state index in [1.165, 1.54) is 18.9 Å². The van der Waals surface area contributed by atoms with Crippen molar-refractivity contribution in [2.75, 3.05) is 17.7 Å². The number of anilines is 3. The van der Waals surface area contributed by atoms with Crippen molar-refractivity contribution in [1.29, 1.82) is 0 Å². The smallest absolute Gasteiger partial charge is 0.257 e. The molecule has 0 aliphatic carbocycles. The van der Waals surface area contributed by atoms with E-state index in [4.69, 9.17) is 16.3 Å². The van der Waals surface area contributed by atoms with Crippen LogP contribution >= 0.6 is 11.6 Å². The van der Waals surface area contributed by atoms with Crippen molar-refractivity contribution in [3.63, 3.8) is 0 Å². The van der Waals surface area contributed by atoms with Crippen LogP contribution in [0.4, 0.5) is 17.1 Å². The summed E-state index contributed by atoms with van der Waals surface area (Å²) in [6, 6.07) is 14.9. The van der Waals surface area contributed by atoms with Crippen molar-refractivity contribution in [3.8, 4) is 5.75 Å². The van der Waals surface area contributed by atoms with E-state index in [0.717, 1.165) is 17.8 Å². The first-order chi connectivity index (χ1) is 13.1. The number of carbonyl (C=O) groups is 1. The van der Waals surface area contributed by atoms with Crippen molar-refractivity contribution in [1.82, 2.24) is 4.98 Å². The quantitative estimate of drug-likeness (QED) is 0.608. The van der Waals surface area contributed by atoms with Gasteiger partial charge >= 0.3 is 0 Å². The molecule has 1 heterocycles. The van der Waals surface area contributed by atoms with E-state index in [0.29, 0.717) is 22.0 Å². The third kappa shape index (κ3) is 4.77. The molecule has 6 heteroatoms. The van der Waals surface area contributed by atoms with Gasteiger partial charge in [-0.1, -0.05) is 30.7 Å². The molecule has 0 atom stereocenters. The lowest BCUT2D eigenvalue weighted by molar-refractivity contribution is 0.102. The number of rotatable bonds is 6. The lowest BCUT2D eigenvalue weighted by Gasteiger charge is -2.11. The molecule has 0 aliphatic rings. The van der Waals surface area contributed by atoms with Crippen molar-refractivity contribution >= 4 is 34.6 Å². The SMILES string of the molecule is CCc1ccc(Nc2cncc(C(=O)Nc3cc(Cl)ccc3OC)c2)cc1. The minimum Gasteiger partial charge on any atom is -0.495 e. The number of benzene rings is 2. The first kappa shape index (κ1) is 18.7. The van der Waals surface area contributed by atoms with E-state index in [2.05, 4.69) is 34.7 Å². The standard InChI is InChI=1S/C21H20ClN3O2/c1-3-14-4-7-17(8-5-14)24-18-10-15(12-23-13-18)21(26)25-19-11-16(22)6-9-20(19)27-2/h4-13,24H,3H2,1-2H3,(H,25,26). The number of pyridine rings is 1. The second-order valence-corrected chi connectivity index (χ2v) is 6.37. The van der Waals surface area contributed by atoms with Crippen LogP contribution in [0.5, 0.6) is 5.75 Å². The lowest BCUT2D eigenvalue weighted by atomic mass is 10.1. The van der Waals surface area contributed by atoms with Gasteiger partial charge in [0.15, 0.2) is 0 Å². The maximum absolute atomic E-state index is 12.6. The number of hydrogen-bond acceptors (Lipinski definition) is 4. The Kier molecular flexibility index (Phi) is 5.94. The third-order valence-electron chi connectivity index (χ3n) is 4.06. The first-order valence-electron chi connectivity index (χ1n) is 8.55. The molecule has 2 N–H and O–H groups in total. The zero-order valence-corrected chi connectivity index (χ0v) is 15.9. The van der Waals surface area contributed by atoms with Crippen LogP contribution in [0.15, 0.2) is 60.9 Å². The molecule has 0 saturated carbocycles. The Morgan fingerprint density at radius 3 is 2.56 bits per heavy atom. The van der Waals surface area contributed by atoms with Gasteiger partial charge in [0.1, 0.15) is 5.75 Å². The minimum absolute atomic E-state index is 0.298. The first-order valence-corrected chi connectivity index (χ1v) is 8.92. The zero-order chi connectivity index (χ0) is 19.2. The maximum Gasteiger partial charge on any atom is 0.257 e. The number of halogens is 1. The van der Waals surface area contributed by atoms with E-state index >= 15 is 0 Å². The van der Waals surface area contributed by atoms with Gasteiger partial charge < -0.3 is 15.4 Å². The van der Waals surface area contributed by atoms with Gasteiger partial charge in [0, 0.05) is 16.9 Å². The van der Waals surface area contributed by atoms with Gasteiger partial charge in [-0.15, -0.1) is 0 Å². The average molecular weight is 382 g/mol. The Labute approximate surface area is 163 Å². The zero-order valence-electron chi connectivity index (χ0n) is 15.1. The molecule has 1 amide bonds. The molecule has 0 aliphatic heterocycles. The summed E-state index contributed by atoms with van der Waals surface area (Å²) in [7, 11) is 1.54. The number of hydrogen-bond donors (Lipinski definition) is 2. The maximum atomic E-state index is 12.6. The predicted octanol–water partition coefficient (Wildman–Crippen LogP) is 5.30. The third-order valence-corrected chi connectivity index (χ3v) is 4.30. The number of aryl methyl sites for hydroxylation is 1. The van der Waals surface area contributed by atoms with Crippen molar-refractivity contribution < 1.29 is 9.53 Å². The summed E-state index contributed by atoms with van der Waals surface area (Å²) in [4.78, 5) is 16.8. The fourth-order valence-corrected chi connectivity index (χ4v) is 2.77. The summed E-state index contributed by atoms with van der Waals surface area (Å²) in [6.45, 7) is 2.11. The van der Waals surface area contributed by atoms with Crippen molar-refractivity contribution in [3.05, 3.63) is 77.1 Å². The number of methoxy groups -OCH3 is 1. The van der Waals surface area contributed by atoms with Crippen LogP contribution < -0.4 is 15.4 Å². The largest absolute Gasteiger partial charge is 0.495 e. The van der Waals surface area contributed by atoms with E-state index in [9.17, 15) is 4.79 Å². The van der Waals surface area contributed by atoms with Crippen LogP contribution in [0, 0.1) is 0 Å². The Balaban J connectivity index is 1.76. The average Bonchev–Trinajstić information content (AvgIpc) is 2.69. The van der Waals surface area contributed by atoms with Crippen molar-refractivity contribution in [2.45, 2.75) is 13.3 Å². The number of nitrogens with one attached hydrogen (secondary N) is 2. The fraction of sp³-hybridized carbons (Fsp3) is 0.143. The summed E-state index contributed by atoms with van der Waals surface area (Å²) >= 11 is 6.01. The molecule has 0 saturated heterocycles. The molecular weight excluding hydrogens is 362 g/mol. The number of amides is 1. The summed E-state index contributed by atoms with van der Waals surface area (Å²) < 4.78 is 5.26. The van der Waals surface area contributed by atoms with E-state index in [1.807, 2.05) is 12.1 Å². The van der Waals surface area contributed by atoms with Crippen LogP contribution in [0.1, 0.15) is 22.8 Å². The Morgan fingerprint density at radius 2 is 1.85 bits per heavy atom. The summed E-state index contributed by atoms with van der Waals surface area (Å²) in [5.41, 5.74) is 3.85. The predicted molar refractivity (Wildman–Crippen MR) is 109 cm³/mol. The van der Waals surface area contributed by atoms with Gasteiger partial charge in [0.25, 0.3) is 5.91 Å². The van der Waals surface area contributed by atoms with E-state index < -0.39 is 0 Å². The molecule has 138 valence electrons. The van der Waals surface area contributed by atoms with Gasteiger partial charge in [-0.25, -0.2) is 0 Å². The van der Waals surface area contributed by atoms with Crippen molar-refractivity contribution in [2.24, 2.45) is 0 Å². The normalized spacial score (nSPS) is 10.3. The second kappa shape index (κ2) is 8.56. The van der Waals surface area contributed by atoms with Crippen LogP contribution in [-0.4, -0.2) is 18.0 Å². The van der Waals surface area contributed by atoms with Gasteiger partial charge in [-0.2, -0.15) is 0 Å². The molecule has 5 nitrogen and oxygen atoms in total. The molecular formula is C21H20ClN3O2. The van der Waals surface area contributed by atoms with Crippen LogP contribution in [-0.2, 0) is 6.42 Å². The Morgan fingerprint density at radius 1 is 1.07 bits per heavy atom. The molecule has 1 aromatic heterocycles. The molecule has 27 heavy (non-hydrogen) atoms. The molecule has 2 aromatic carbocycles. The van der Waals surface area contributed by atoms with Crippen LogP contribution in [0.2, 0.25) is 5.02 Å². The highest BCUT2D eigenvalue weighted by atomic mass is 35.5. The lowest BCUT2D eigenvalue weighted by Crippen LogP contribution is -2.13. The fourth-order valence-electron chi connectivity index (χ4n) is 2.60. The molecule has 3 aromatic rings. The van der Waals surface area contributed by atoms with E-state index in [-0.39, 0.29) is 5.91 Å². The Bertz CT molecular complexity index is 942. The highest BCUT2D eigenvalue weighted by Crippen LogP contribution is 2.28. The molecule has 0 spiro atoms. The number of carbonyl (C=O) groups excluding carboxylic acids is 1. The molecule has 0 bridgehead atoms. The van der Waals surface area contributed by atoms with Gasteiger partial charge in [0.05, 0.1) is 30.2 Å². The molecule has 3 rings (SSSR count). The van der Waals surface area contributed by atoms with E-state index in [1.54, 1.807) is 30.5 Å². The number of aromatic nitrogens is 1. The second-order valence-electron chi connectivity index (χ2n) is 5.94. The topological polar surface area (TPSA) is 63.2 Å². The summed E-state index contributed by atoms with van der Waals surface area (Å²) in [5.74, 6) is 0.235. The highest BCUT2D eigenvalue weighted by Gasteiger charge is 2.11. The molecule has 0 unspecified atom stereocenters. The monoisotopic (exact) mass is 381 g/mol. The summed E-state index contributed by atoms with van der Waals surface area (Å²) in [5, 5.41) is 6.58. The minimum atomic E-state index is -0.298. The van der Waals surface area contributed by atoms with Gasteiger partial charge in [-0.05, 0) is 48.4 Å². The van der Waals surface area contributed by atoms with Gasteiger partial charge in [-0.3, -0.25) is 9.78 Å². The van der Waals surface area contributed by atoms with Crippen LogP contribution in [0.25, 0.3) is 0 Å². The number of nitrogens with zero attached hydrogens (tertiary/aromatic N) is 1. The Hall–Kier alpha value is -3.05. The highest BCUT2D eigenvalue weighted by molar-refractivity contribution is 6.31. The van der Waals surface area contributed by atoms with Crippen LogP contribution in [0.3, 0.4) is 0 Å². The summed E-state index contributed by atoms with van der Waals surface area (Å²) in [6.07, 6.45) is 4.17. The van der Waals surface area contributed by atoms with Gasteiger partial charge in [0.2, 0.25) is 0 Å².